The third-order valence-corrected chi connectivity index (χ3v) is 5.68. The van der Waals surface area contributed by atoms with E-state index < -0.39 is 17.8 Å². The number of ether oxygens (including phenoxy) is 1. The highest BCUT2D eigenvalue weighted by atomic mass is 16.5. The Morgan fingerprint density at radius 2 is 1.53 bits per heavy atom. The highest BCUT2D eigenvalue weighted by Gasteiger charge is 2.42. The van der Waals surface area contributed by atoms with Gasteiger partial charge in [0.15, 0.2) is 0 Å². The van der Waals surface area contributed by atoms with Crippen molar-refractivity contribution in [1.82, 2.24) is 0 Å². The van der Waals surface area contributed by atoms with E-state index in [4.69, 9.17) is 4.74 Å². The van der Waals surface area contributed by atoms with Gasteiger partial charge in [0.05, 0.1) is 23.4 Å². The van der Waals surface area contributed by atoms with Crippen molar-refractivity contribution in [3.05, 3.63) is 101 Å². The normalized spacial score (nSPS) is 13.4. The Balaban J connectivity index is 1.74. The lowest BCUT2D eigenvalue weighted by Crippen LogP contribution is -2.34. The molecule has 0 fully saturated rings. The van der Waals surface area contributed by atoms with Gasteiger partial charge in [-0.05, 0) is 55.3 Å². The third kappa shape index (κ3) is 4.35. The summed E-state index contributed by atoms with van der Waals surface area (Å²) in [6, 6.07) is 23.3. The summed E-state index contributed by atoms with van der Waals surface area (Å²) < 4.78 is 5.17. The molecule has 1 aliphatic rings. The number of likely N-dealkylation sites (N-methyl/N-ethyl adjacent to an activating group) is 1. The van der Waals surface area contributed by atoms with Crippen LogP contribution in [-0.4, -0.2) is 31.4 Å². The molecule has 1 heterocycles. The largest absolute Gasteiger partial charge is 0.462 e. The van der Waals surface area contributed by atoms with Gasteiger partial charge >= 0.3 is 5.97 Å². The average molecular weight is 455 g/mol. The molecule has 0 saturated carbocycles. The average Bonchev–Trinajstić information content (AvgIpc) is 3.13. The minimum atomic E-state index is -0.435. The standard InChI is InChI=1S/C28H26N2O4/c1-4-18-34-28(33)21-14-16-23(17-15-21)30-26(31)24(20-12-10-19(2)11-13-20)25(27(30)32)29(3)22-8-6-5-7-9-22/h5-17H,4,18H2,1-3H3. The molecule has 0 saturated heterocycles. The fourth-order valence-electron chi connectivity index (χ4n) is 3.85. The van der Waals surface area contributed by atoms with Gasteiger partial charge in [-0.1, -0.05) is 55.0 Å². The summed E-state index contributed by atoms with van der Waals surface area (Å²) in [6.07, 6.45) is 0.728. The first-order chi connectivity index (χ1) is 16.4. The number of nitrogens with zero attached hydrogens (tertiary/aromatic N) is 2. The van der Waals surface area contributed by atoms with Crippen LogP contribution in [0.2, 0.25) is 0 Å². The number of hydrogen-bond acceptors (Lipinski definition) is 5. The van der Waals surface area contributed by atoms with E-state index in [0.29, 0.717) is 34.7 Å². The first-order valence-corrected chi connectivity index (χ1v) is 11.2. The van der Waals surface area contributed by atoms with Crippen molar-refractivity contribution in [3.63, 3.8) is 0 Å². The van der Waals surface area contributed by atoms with E-state index in [1.165, 1.54) is 0 Å². The van der Waals surface area contributed by atoms with E-state index in [-0.39, 0.29) is 0 Å². The molecule has 0 atom stereocenters. The molecule has 0 bridgehead atoms. The van der Waals surface area contributed by atoms with Crippen LogP contribution in [0.3, 0.4) is 0 Å². The number of amides is 2. The van der Waals surface area contributed by atoms with Crippen molar-refractivity contribution >= 4 is 34.7 Å². The van der Waals surface area contributed by atoms with Crippen molar-refractivity contribution in [3.8, 4) is 0 Å². The molecule has 0 radical (unpaired) electrons. The van der Waals surface area contributed by atoms with E-state index in [0.717, 1.165) is 22.6 Å². The fourth-order valence-corrected chi connectivity index (χ4v) is 3.85. The summed E-state index contributed by atoms with van der Waals surface area (Å²) in [5.74, 6) is -1.27. The Bertz CT molecular complexity index is 1250. The minimum absolute atomic E-state index is 0.298. The van der Waals surface area contributed by atoms with Gasteiger partial charge in [-0.3, -0.25) is 9.59 Å². The lowest BCUT2D eigenvalue weighted by molar-refractivity contribution is -0.120. The van der Waals surface area contributed by atoms with E-state index in [1.807, 2.05) is 68.4 Å². The van der Waals surface area contributed by atoms with Crippen LogP contribution in [-0.2, 0) is 14.3 Å². The topological polar surface area (TPSA) is 66.9 Å². The molecule has 4 rings (SSSR count). The highest BCUT2D eigenvalue weighted by Crippen LogP contribution is 2.36. The summed E-state index contributed by atoms with van der Waals surface area (Å²) >= 11 is 0. The summed E-state index contributed by atoms with van der Waals surface area (Å²) in [4.78, 5) is 42.3. The number of carbonyl (C=O) groups is 3. The third-order valence-electron chi connectivity index (χ3n) is 5.68. The van der Waals surface area contributed by atoms with Crippen molar-refractivity contribution in [2.45, 2.75) is 20.3 Å². The summed E-state index contributed by atoms with van der Waals surface area (Å²) in [6.45, 7) is 4.22. The zero-order valence-corrected chi connectivity index (χ0v) is 19.4. The van der Waals surface area contributed by atoms with Crippen LogP contribution < -0.4 is 9.80 Å². The maximum absolute atomic E-state index is 13.7. The number of aryl methyl sites for hydroxylation is 1. The predicted molar refractivity (Wildman–Crippen MR) is 132 cm³/mol. The predicted octanol–water partition coefficient (Wildman–Crippen LogP) is 4.98. The van der Waals surface area contributed by atoms with Crippen LogP contribution in [0.15, 0.2) is 84.6 Å². The van der Waals surface area contributed by atoms with Crippen molar-refractivity contribution < 1.29 is 19.1 Å². The fraction of sp³-hybridized carbons (Fsp3) is 0.179. The molecular weight excluding hydrogens is 428 g/mol. The molecule has 2 amide bonds. The van der Waals surface area contributed by atoms with E-state index >= 15 is 0 Å². The van der Waals surface area contributed by atoms with E-state index in [2.05, 4.69) is 0 Å². The van der Waals surface area contributed by atoms with Gasteiger partial charge in [-0.2, -0.15) is 0 Å². The molecular formula is C28H26N2O4. The van der Waals surface area contributed by atoms with Crippen molar-refractivity contribution in [2.24, 2.45) is 0 Å². The molecule has 6 nitrogen and oxygen atoms in total. The second kappa shape index (κ2) is 9.75. The van der Waals surface area contributed by atoms with Gasteiger partial charge in [0.25, 0.3) is 11.8 Å². The Hall–Kier alpha value is -4.19. The molecule has 0 aromatic heterocycles. The van der Waals surface area contributed by atoms with Gasteiger partial charge in [-0.25, -0.2) is 9.69 Å². The number of imide groups is 1. The lowest BCUT2D eigenvalue weighted by Gasteiger charge is -2.21. The Kier molecular flexibility index (Phi) is 6.59. The van der Waals surface area contributed by atoms with Gasteiger partial charge in [-0.15, -0.1) is 0 Å². The molecule has 172 valence electrons. The lowest BCUT2D eigenvalue weighted by atomic mass is 10.0. The summed E-state index contributed by atoms with van der Waals surface area (Å²) in [7, 11) is 1.78. The molecule has 0 unspecified atom stereocenters. The van der Waals surface area contributed by atoms with E-state index in [1.54, 1.807) is 36.2 Å². The minimum Gasteiger partial charge on any atom is -0.462 e. The second-order valence-corrected chi connectivity index (χ2v) is 8.11. The van der Waals surface area contributed by atoms with Crippen LogP contribution in [0.25, 0.3) is 5.57 Å². The number of anilines is 2. The SMILES string of the molecule is CCCOC(=O)c1ccc(N2C(=O)C(c3ccc(C)cc3)=C(N(C)c3ccccc3)C2=O)cc1. The molecule has 3 aromatic rings. The first-order valence-electron chi connectivity index (χ1n) is 11.2. The number of rotatable bonds is 7. The number of benzene rings is 3. The highest BCUT2D eigenvalue weighted by molar-refractivity contribution is 6.46. The maximum Gasteiger partial charge on any atom is 0.338 e. The first kappa shape index (κ1) is 23.0. The molecule has 34 heavy (non-hydrogen) atoms. The quantitative estimate of drug-likeness (QED) is 0.372. The summed E-state index contributed by atoms with van der Waals surface area (Å²) in [5, 5.41) is 0. The molecule has 0 aliphatic carbocycles. The van der Waals surface area contributed by atoms with Crippen molar-refractivity contribution in [1.29, 1.82) is 0 Å². The summed E-state index contributed by atoms with van der Waals surface area (Å²) in [5.41, 5.74) is 3.91. The van der Waals surface area contributed by atoms with Crippen LogP contribution in [0.1, 0.15) is 34.8 Å². The number of para-hydroxylation sites is 1. The number of hydrogen-bond donors (Lipinski definition) is 0. The van der Waals surface area contributed by atoms with Crippen LogP contribution in [0, 0.1) is 6.92 Å². The monoisotopic (exact) mass is 454 g/mol. The van der Waals surface area contributed by atoms with E-state index in [9.17, 15) is 14.4 Å². The Morgan fingerprint density at radius 3 is 2.15 bits per heavy atom. The Labute approximate surface area is 199 Å². The smallest absolute Gasteiger partial charge is 0.338 e. The zero-order valence-electron chi connectivity index (χ0n) is 19.4. The number of esters is 1. The number of carbonyl (C=O) groups excluding carboxylic acids is 3. The molecule has 6 heteroatoms. The molecule has 0 spiro atoms. The van der Waals surface area contributed by atoms with Gasteiger partial charge in [0.2, 0.25) is 0 Å². The van der Waals surface area contributed by atoms with Gasteiger partial charge < -0.3 is 9.64 Å². The van der Waals surface area contributed by atoms with Crippen molar-refractivity contribution in [2.75, 3.05) is 23.5 Å². The van der Waals surface area contributed by atoms with Gasteiger partial charge in [0.1, 0.15) is 5.70 Å². The Morgan fingerprint density at radius 1 is 0.882 bits per heavy atom. The maximum atomic E-state index is 13.7. The molecule has 0 N–H and O–H groups in total. The molecule has 1 aliphatic heterocycles. The second-order valence-electron chi connectivity index (χ2n) is 8.11. The van der Waals surface area contributed by atoms with Gasteiger partial charge in [0, 0.05) is 12.7 Å². The molecule has 3 aromatic carbocycles. The van der Waals surface area contributed by atoms with Crippen LogP contribution >= 0.6 is 0 Å². The van der Waals surface area contributed by atoms with Crippen LogP contribution in [0.5, 0.6) is 0 Å². The van der Waals surface area contributed by atoms with Crippen LogP contribution in [0.4, 0.5) is 11.4 Å². The zero-order chi connectivity index (χ0) is 24.2.